The first-order valence-corrected chi connectivity index (χ1v) is 9.96. The number of methoxy groups -OCH3 is 1. The summed E-state index contributed by atoms with van der Waals surface area (Å²) in [5.74, 6) is 0.359. The second-order valence-electron chi connectivity index (χ2n) is 7.28. The van der Waals surface area contributed by atoms with Gasteiger partial charge in [-0.25, -0.2) is 0 Å². The van der Waals surface area contributed by atoms with Crippen molar-refractivity contribution in [3.05, 3.63) is 0 Å². The fraction of sp³-hybridized carbons (Fsp3) is 0.895. The number of hydrogen-bond donors (Lipinski definition) is 3. The van der Waals surface area contributed by atoms with Crippen LogP contribution in [0.2, 0.25) is 0 Å². The van der Waals surface area contributed by atoms with Gasteiger partial charge in [0.05, 0.1) is 13.5 Å². The van der Waals surface area contributed by atoms with Gasteiger partial charge in [0.1, 0.15) is 0 Å². The van der Waals surface area contributed by atoms with Crippen LogP contribution in [0.5, 0.6) is 0 Å². The summed E-state index contributed by atoms with van der Waals surface area (Å²) in [5.41, 5.74) is 3.01. The predicted molar refractivity (Wildman–Crippen MR) is 101 cm³/mol. The van der Waals surface area contributed by atoms with Crippen molar-refractivity contribution in [3.8, 4) is 0 Å². The topological polar surface area (TPSA) is 88.7 Å². The Kier molecular flexibility index (Phi) is 11.5. The number of piperidine rings is 1. The predicted octanol–water partition coefficient (Wildman–Crippen LogP) is 1.77. The van der Waals surface area contributed by atoms with Gasteiger partial charge >= 0.3 is 5.97 Å². The molecular weight excluding hydrogens is 334 g/mol. The Morgan fingerprint density at radius 2 is 1.96 bits per heavy atom. The first-order valence-electron chi connectivity index (χ1n) is 9.96. The molecule has 2 aliphatic rings. The summed E-state index contributed by atoms with van der Waals surface area (Å²) >= 11 is 0. The van der Waals surface area contributed by atoms with E-state index >= 15 is 0 Å². The van der Waals surface area contributed by atoms with Crippen LogP contribution in [-0.4, -0.2) is 50.8 Å². The Morgan fingerprint density at radius 3 is 2.42 bits per heavy atom. The maximum atomic E-state index is 11.9. The highest BCUT2D eigenvalue weighted by molar-refractivity contribution is 5.81. The molecule has 7 heteroatoms. The van der Waals surface area contributed by atoms with Crippen LogP contribution in [0.1, 0.15) is 59.3 Å². The van der Waals surface area contributed by atoms with E-state index in [1.165, 1.54) is 39.5 Å². The van der Waals surface area contributed by atoms with Gasteiger partial charge in [-0.15, -0.1) is 0 Å². The number of rotatable bonds is 6. The number of amides is 1. The van der Waals surface area contributed by atoms with E-state index in [9.17, 15) is 9.59 Å². The summed E-state index contributed by atoms with van der Waals surface area (Å²) in [4.78, 5) is 28.3. The molecule has 0 bridgehead atoms. The largest absolute Gasteiger partial charge is 0.469 e. The highest BCUT2D eigenvalue weighted by Gasteiger charge is 2.34. The summed E-state index contributed by atoms with van der Waals surface area (Å²) in [6, 6.07) is 0.277. The average molecular weight is 372 g/mol. The van der Waals surface area contributed by atoms with Crippen molar-refractivity contribution in [1.82, 2.24) is 16.1 Å². The molecule has 2 saturated heterocycles. The molecule has 0 spiro atoms. The molecule has 7 nitrogen and oxygen atoms in total. The van der Waals surface area contributed by atoms with Crippen LogP contribution in [0.4, 0.5) is 0 Å². The summed E-state index contributed by atoms with van der Waals surface area (Å²) in [5, 5.41) is 5.98. The van der Waals surface area contributed by atoms with Crippen molar-refractivity contribution in [2.24, 2.45) is 11.8 Å². The summed E-state index contributed by atoms with van der Waals surface area (Å²) in [6.07, 6.45) is 5.65. The lowest BCUT2D eigenvalue weighted by Gasteiger charge is -2.37. The monoisotopic (exact) mass is 371 g/mol. The van der Waals surface area contributed by atoms with Gasteiger partial charge in [-0.3, -0.25) is 14.4 Å². The van der Waals surface area contributed by atoms with E-state index in [1.54, 1.807) is 0 Å². The second kappa shape index (κ2) is 13.1. The smallest absolute Gasteiger partial charge is 0.307 e. The SMILES string of the molecule is C1CCNCC1.CCC(C)C1NOC(C(=O)NCCC(=O)OC)CC1C. The molecule has 2 fully saturated rings. The summed E-state index contributed by atoms with van der Waals surface area (Å²) < 4.78 is 4.51. The first-order chi connectivity index (χ1) is 12.5. The third kappa shape index (κ3) is 8.47. The quantitative estimate of drug-likeness (QED) is 0.617. The molecule has 3 N–H and O–H groups in total. The van der Waals surface area contributed by atoms with Crippen molar-refractivity contribution in [2.75, 3.05) is 26.7 Å². The molecule has 152 valence electrons. The van der Waals surface area contributed by atoms with Gasteiger partial charge in [-0.2, -0.15) is 5.48 Å². The molecule has 1 amide bonds. The number of ether oxygens (including phenoxy) is 1. The molecule has 2 rings (SSSR count). The molecule has 0 aromatic rings. The Bertz CT molecular complexity index is 404. The third-order valence-corrected chi connectivity index (χ3v) is 5.16. The molecule has 2 heterocycles. The van der Waals surface area contributed by atoms with Gasteiger partial charge < -0.3 is 15.4 Å². The molecule has 4 atom stereocenters. The highest BCUT2D eigenvalue weighted by Crippen LogP contribution is 2.25. The normalized spacial score (nSPS) is 26.8. The van der Waals surface area contributed by atoms with Crippen LogP contribution in [0.25, 0.3) is 0 Å². The lowest BCUT2D eigenvalue weighted by atomic mass is 9.85. The lowest BCUT2D eigenvalue weighted by molar-refractivity contribution is -0.154. The molecule has 26 heavy (non-hydrogen) atoms. The van der Waals surface area contributed by atoms with Gasteiger partial charge in [-0.1, -0.05) is 33.6 Å². The van der Waals surface area contributed by atoms with Gasteiger partial charge in [0.15, 0.2) is 6.10 Å². The van der Waals surface area contributed by atoms with Crippen molar-refractivity contribution >= 4 is 11.9 Å². The van der Waals surface area contributed by atoms with Crippen LogP contribution >= 0.6 is 0 Å². The number of hydroxylamine groups is 1. The maximum absolute atomic E-state index is 11.9. The Morgan fingerprint density at radius 1 is 1.27 bits per heavy atom. The zero-order valence-corrected chi connectivity index (χ0v) is 16.8. The molecule has 0 aromatic carbocycles. The maximum Gasteiger partial charge on any atom is 0.307 e. The standard InChI is InChI=1S/C14H26N2O4.C5H11N/c1-5-9(2)13-10(3)8-11(20-16-13)14(18)15-7-6-12(17)19-4;1-2-4-6-5-3-1/h9-11,13,16H,5-8H2,1-4H3,(H,15,18);6H,1-5H2. The summed E-state index contributed by atoms with van der Waals surface area (Å²) in [7, 11) is 1.33. The van der Waals surface area contributed by atoms with Gasteiger partial charge in [0, 0.05) is 12.6 Å². The van der Waals surface area contributed by atoms with Crippen molar-refractivity contribution < 1.29 is 19.2 Å². The number of esters is 1. The minimum Gasteiger partial charge on any atom is -0.469 e. The number of carbonyl (C=O) groups excluding carboxylic acids is 2. The first kappa shape index (κ1) is 22.9. The Balaban J connectivity index is 0.000000472. The van der Waals surface area contributed by atoms with Crippen LogP contribution in [0.3, 0.4) is 0 Å². The van der Waals surface area contributed by atoms with Gasteiger partial charge in [0.25, 0.3) is 5.91 Å². The zero-order valence-electron chi connectivity index (χ0n) is 16.8. The molecular formula is C19H37N3O4. The molecule has 0 saturated carbocycles. The average Bonchev–Trinajstić information content (AvgIpc) is 2.68. The molecule has 0 aromatic heterocycles. The van der Waals surface area contributed by atoms with Crippen molar-refractivity contribution in [2.45, 2.75) is 71.4 Å². The van der Waals surface area contributed by atoms with Crippen LogP contribution in [-0.2, 0) is 19.2 Å². The molecule has 0 aliphatic carbocycles. The van der Waals surface area contributed by atoms with Crippen LogP contribution in [0.15, 0.2) is 0 Å². The van der Waals surface area contributed by atoms with Gasteiger partial charge in [0.2, 0.25) is 0 Å². The van der Waals surface area contributed by atoms with E-state index < -0.39 is 6.10 Å². The summed E-state index contributed by atoms with van der Waals surface area (Å²) in [6.45, 7) is 9.22. The lowest BCUT2D eigenvalue weighted by Crippen LogP contribution is -2.52. The number of nitrogens with one attached hydrogen (secondary N) is 3. The molecule has 0 radical (unpaired) electrons. The minimum absolute atomic E-state index is 0.174. The zero-order chi connectivity index (χ0) is 19.4. The van der Waals surface area contributed by atoms with E-state index in [1.807, 2.05) is 0 Å². The van der Waals surface area contributed by atoms with Crippen LogP contribution in [0, 0.1) is 11.8 Å². The number of hydrogen-bond acceptors (Lipinski definition) is 6. The Hall–Kier alpha value is -1.18. The molecule has 4 unspecified atom stereocenters. The van der Waals surface area contributed by atoms with E-state index in [0.29, 0.717) is 18.3 Å². The second-order valence-corrected chi connectivity index (χ2v) is 7.28. The molecule has 2 aliphatic heterocycles. The van der Waals surface area contributed by atoms with Crippen molar-refractivity contribution in [3.63, 3.8) is 0 Å². The van der Waals surface area contributed by atoms with E-state index in [2.05, 4.69) is 41.6 Å². The third-order valence-electron chi connectivity index (χ3n) is 5.16. The van der Waals surface area contributed by atoms with E-state index in [-0.39, 0.29) is 30.9 Å². The number of carbonyl (C=O) groups is 2. The van der Waals surface area contributed by atoms with Crippen molar-refractivity contribution in [1.29, 1.82) is 0 Å². The highest BCUT2D eigenvalue weighted by atomic mass is 16.7. The fourth-order valence-corrected chi connectivity index (χ4v) is 3.21. The van der Waals surface area contributed by atoms with E-state index in [0.717, 1.165) is 6.42 Å². The van der Waals surface area contributed by atoms with Crippen LogP contribution < -0.4 is 16.1 Å². The Labute approximate surface area is 157 Å². The van der Waals surface area contributed by atoms with E-state index in [4.69, 9.17) is 4.84 Å². The fourth-order valence-electron chi connectivity index (χ4n) is 3.21. The minimum atomic E-state index is -0.497. The van der Waals surface area contributed by atoms with Gasteiger partial charge in [-0.05, 0) is 44.2 Å².